The maximum absolute atomic E-state index is 10.6. The molecule has 0 saturated heterocycles. The van der Waals surface area contributed by atoms with Gasteiger partial charge in [0.2, 0.25) is 0 Å². The Hall–Kier alpha value is -1.04. The molecule has 0 bridgehead atoms. The maximum atomic E-state index is 10.6. The number of aromatic carboxylic acids is 1. The summed E-state index contributed by atoms with van der Waals surface area (Å²) in [5.41, 5.74) is -0.0160. The summed E-state index contributed by atoms with van der Waals surface area (Å²) < 4.78 is 9.72. The molecule has 0 aromatic heterocycles. The van der Waals surface area contributed by atoms with Crippen LogP contribution in [-0.4, -0.2) is 36.8 Å². The monoisotopic (exact) mass is 471 g/mol. The molecule has 1 N–H and O–H groups in total. The van der Waals surface area contributed by atoms with Crippen molar-refractivity contribution in [3.63, 3.8) is 0 Å². The van der Waals surface area contributed by atoms with E-state index in [1.54, 1.807) is 25.4 Å². The van der Waals surface area contributed by atoms with Crippen molar-refractivity contribution in [1.29, 1.82) is 0 Å². The van der Waals surface area contributed by atoms with Gasteiger partial charge in [-0.3, -0.25) is 4.79 Å². The fraction of sp³-hybridized carbons (Fsp3) is 0.619. The van der Waals surface area contributed by atoms with E-state index in [0.29, 0.717) is 0 Å². The topological polar surface area (TPSA) is 63.6 Å². The van der Waals surface area contributed by atoms with Crippen LogP contribution in [0.1, 0.15) is 76.6 Å². The van der Waals surface area contributed by atoms with Crippen molar-refractivity contribution in [2.45, 2.75) is 79.5 Å². The molecule has 4 nitrogen and oxygen atoms in total. The number of hydrogen-bond acceptors (Lipinski definition) is 3. The number of rotatable bonds is 11. The van der Waals surface area contributed by atoms with Crippen LogP contribution in [0.25, 0.3) is 0 Å². The summed E-state index contributed by atoms with van der Waals surface area (Å²) in [5.74, 6) is -1.58. The van der Waals surface area contributed by atoms with Gasteiger partial charge in [-0.1, -0.05) is 12.1 Å². The molecule has 1 aromatic rings. The number of benzene rings is 1. The predicted molar refractivity (Wildman–Crippen MR) is 110 cm³/mol. The fourth-order valence-electron chi connectivity index (χ4n) is 2.54. The van der Waals surface area contributed by atoms with E-state index in [9.17, 15) is 9.59 Å². The Bertz CT molecular complexity index is 497. The first kappa shape index (κ1) is 25.0. The van der Waals surface area contributed by atoms with Crippen molar-refractivity contribution in [2.75, 3.05) is 0 Å². The minimum atomic E-state index is -1.11. The second kappa shape index (κ2) is 16.2. The number of para-hydroxylation sites is 1. The van der Waals surface area contributed by atoms with Gasteiger partial charge in [0.1, 0.15) is 11.3 Å². The standard InChI is InChI=1S/C9H8O4.3C4H9.Sn/c1-6(10)13-8-5-3-2-4-7(8)9(11)12;3*1-3-4-2;/h2-5H,1H3,(H,11,12);3*1,3-4H2,2H3;. The van der Waals surface area contributed by atoms with E-state index in [-0.39, 0.29) is 11.3 Å². The summed E-state index contributed by atoms with van der Waals surface area (Å²) in [6.07, 6.45) is 8.85. The Labute approximate surface area is 166 Å². The van der Waals surface area contributed by atoms with E-state index < -0.39 is 31.7 Å². The molecule has 0 unspecified atom stereocenters. The average Bonchev–Trinajstić information content (AvgIpc) is 2.61. The molecule has 0 atom stereocenters. The summed E-state index contributed by atoms with van der Waals surface area (Å²) in [7, 11) is 0. The third-order valence-corrected chi connectivity index (χ3v) is 13.1. The zero-order valence-corrected chi connectivity index (χ0v) is 19.7. The van der Waals surface area contributed by atoms with Crippen molar-refractivity contribution < 1.29 is 19.4 Å². The number of unbranched alkanes of at least 4 members (excludes halogenated alkanes) is 3. The number of ether oxygens (including phenoxy) is 1. The summed E-state index contributed by atoms with van der Waals surface area (Å²) in [4.78, 5) is 21.2. The van der Waals surface area contributed by atoms with Crippen LogP contribution in [0, 0.1) is 0 Å². The predicted octanol–water partition coefficient (Wildman–Crippen LogP) is 6.19. The number of carboxylic acid groups (broad SMARTS) is 1. The number of esters is 1. The molecule has 0 aliphatic heterocycles. The van der Waals surface area contributed by atoms with Crippen LogP contribution >= 0.6 is 0 Å². The molecular formula is C21H35O4Sn. The van der Waals surface area contributed by atoms with Gasteiger partial charge in [0.05, 0.1) is 0 Å². The van der Waals surface area contributed by atoms with Crippen LogP contribution in [0.2, 0.25) is 13.3 Å². The molecule has 0 spiro atoms. The molecule has 0 saturated carbocycles. The molecule has 147 valence electrons. The van der Waals surface area contributed by atoms with Crippen LogP contribution in [0.5, 0.6) is 5.75 Å². The van der Waals surface area contributed by atoms with E-state index in [2.05, 4.69) is 25.5 Å². The van der Waals surface area contributed by atoms with Crippen LogP contribution in [0.3, 0.4) is 0 Å². The minimum absolute atomic E-state index is 0.0160. The molecule has 26 heavy (non-hydrogen) atoms. The van der Waals surface area contributed by atoms with Gasteiger partial charge in [-0.15, -0.1) is 0 Å². The van der Waals surface area contributed by atoms with Crippen LogP contribution < -0.4 is 4.74 Å². The van der Waals surface area contributed by atoms with Gasteiger partial charge in [-0.2, -0.15) is 0 Å². The quantitative estimate of drug-likeness (QED) is 0.238. The van der Waals surface area contributed by atoms with Crippen LogP contribution in [0.4, 0.5) is 0 Å². The van der Waals surface area contributed by atoms with Gasteiger partial charge >= 0.3 is 104 Å². The van der Waals surface area contributed by atoms with E-state index in [0.717, 1.165) is 0 Å². The van der Waals surface area contributed by atoms with Crippen LogP contribution in [-0.2, 0) is 4.79 Å². The number of hydrogen-bond donors (Lipinski definition) is 1. The van der Waals surface area contributed by atoms with E-state index in [1.807, 2.05) is 0 Å². The molecule has 0 amide bonds. The Morgan fingerprint density at radius 2 is 1.38 bits per heavy atom. The SMILES string of the molecule is CC(=O)Oc1ccccc1C(=O)O.CCC[CH2][Sn]([CH2]CCC)[CH2]CCC. The first-order valence-electron chi connectivity index (χ1n) is 9.80. The number of carbonyl (C=O) groups is 2. The van der Waals surface area contributed by atoms with Crippen molar-refractivity contribution in [3.8, 4) is 5.75 Å². The second-order valence-corrected chi connectivity index (χ2v) is 15.0. The molecule has 0 aliphatic carbocycles. The third kappa shape index (κ3) is 12.3. The first-order chi connectivity index (χ1) is 12.5. The van der Waals surface area contributed by atoms with Crippen molar-refractivity contribution in [1.82, 2.24) is 0 Å². The Morgan fingerprint density at radius 1 is 0.923 bits per heavy atom. The number of carbonyl (C=O) groups excluding carboxylic acids is 1. The van der Waals surface area contributed by atoms with E-state index in [4.69, 9.17) is 5.11 Å². The van der Waals surface area contributed by atoms with Gasteiger partial charge in [0.25, 0.3) is 0 Å². The molecule has 0 fully saturated rings. The fourth-order valence-corrected chi connectivity index (χ4v) is 12.0. The summed E-state index contributed by atoms with van der Waals surface area (Å²) in [6, 6.07) is 5.98. The van der Waals surface area contributed by atoms with Gasteiger partial charge in [-0.05, 0) is 12.1 Å². The average molecular weight is 470 g/mol. The molecule has 5 heteroatoms. The molecule has 1 aromatic carbocycles. The van der Waals surface area contributed by atoms with Gasteiger partial charge in [-0.25, -0.2) is 4.79 Å². The Morgan fingerprint density at radius 3 is 1.77 bits per heavy atom. The molecule has 0 aliphatic rings. The summed E-state index contributed by atoms with van der Waals surface area (Å²) in [5, 5.41) is 8.69. The van der Waals surface area contributed by atoms with Crippen LogP contribution in [0.15, 0.2) is 24.3 Å². The van der Waals surface area contributed by atoms with Gasteiger partial charge < -0.3 is 9.84 Å². The normalized spacial score (nSPS) is 10.2. The van der Waals surface area contributed by atoms with Crippen molar-refractivity contribution in [2.24, 2.45) is 0 Å². The first-order valence-corrected chi connectivity index (χ1v) is 15.9. The Kier molecular flexibility index (Phi) is 15.5. The van der Waals surface area contributed by atoms with Gasteiger partial charge in [0, 0.05) is 6.92 Å². The molecular weight excluding hydrogens is 435 g/mol. The molecule has 1 radical (unpaired) electrons. The zero-order valence-electron chi connectivity index (χ0n) is 16.8. The van der Waals surface area contributed by atoms with Gasteiger partial charge in [0.15, 0.2) is 0 Å². The second-order valence-electron chi connectivity index (χ2n) is 6.46. The van der Waals surface area contributed by atoms with E-state index in [1.165, 1.54) is 57.6 Å². The molecule has 0 heterocycles. The molecule has 1 rings (SSSR count). The van der Waals surface area contributed by atoms with E-state index >= 15 is 0 Å². The number of carboxylic acids is 1. The summed E-state index contributed by atoms with van der Waals surface area (Å²) in [6.45, 7) is 8.22. The zero-order chi connectivity index (χ0) is 19.8. The summed E-state index contributed by atoms with van der Waals surface area (Å²) >= 11 is -0.839. The Balaban J connectivity index is 0.000000481. The van der Waals surface area contributed by atoms with Crippen molar-refractivity contribution >= 4 is 31.7 Å². The van der Waals surface area contributed by atoms with Crippen molar-refractivity contribution in [3.05, 3.63) is 29.8 Å². The third-order valence-electron chi connectivity index (χ3n) is 4.02.